The number of anilines is 1. The third-order valence-corrected chi connectivity index (χ3v) is 6.15. The van der Waals surface area contributed by atoms with Gasteiger partial charge >= 0.3 is 0 Å². The molecule has 1 saturated heterocycles. The molecule has 1 aromatic heterocycles. The molecule has 0 N–H and O–H groups in total. The van der Waals surface area contributed by atoms with Gasteiger partial charge in [0.15, 0.2) is 0 Å². The Balaban J connectivity index is 1.72. The first-order chi connectivity index (χ1) is 16.4. The van der Waals surface area contributed by atoms with Crippen LogP contribution in [0.2, 0.25) is 5.02 Å². The summed E-state index contributed by atoms with van der Waals surface area (Å²) < 4.78 is 11.4. The topological polar surface area (TPSA) is 62.1 Å². The van der Waals surface area contributed by atoms with Crippen LogP contribution in [-0.4, -0.2) is 74.4 Å². The summed E-state index contributed by atoms with van der Waals surface area (Å²) in [5, 5.41) is 5.07. The highest BCUT2D eigenvalue weighted by Gasteiger charge is 2.27. The second kappa shape index (κ2) is 11.0. The molecule has 1 aliphatic heterocycles. The number of likely N-dealkylation sites (N-methyl/N-ethyl adjacent to an activating group) is 1. The van der Waals surface area contributed by atoms with Gasteiger partial charge in [0.05, 0.1) is 25.3 Å². The molecule has 0 saturated carbocycles. The number of aromatic nitrogens is 1. The van der Waals surface area contributed by atoms with Gasteiger partial charge in [0.25, 0.3) is 5.91 Å². The Morgan fingerprint density at radius 1 is 1.09 bits per heavy atom. The maximum Gasteiger partial charge on any atom is 0.254 e. The lowest BCUT2D eigenvalue weighted by Crippen LogP contribution is -2.38. The van der Waals surface area contributed by atoms with E-state index in [1.165, 1.54) is 0 Å². The normalized spacial score (nSPS) is 14.0. The molecule has 2 heterocycles. The number of carbonyl (C=O) groups is 1. The van der Waals surface area contributed by atoms with Gasteiger partial charge in [-0.25, -0.2) is 0 Å². The van der Waals surface area contributed by atoms with E-state index in [1.54, 1.807) is 24.3 Å². The van der Waals surface area contributed by atoms with Gasteiger partial charge in [-0.2, -0.15) is 0 Å². The highest BCUT2D eigenvalue weighted by Crippen LogP contribution is 2.33. The number of hydrogen-bond donors (Lipinski definition) is 0. The largest absolute Gasteiger partial charge is 0.378 e. The number of amides is 1. The third-order valence-electron chi connectivity index (χ3n) is 5.90. The van der Waals surface area contributed by atoms with Crippen LogP contribution >= 0.6 is 11.6 Å². The van der Waals surface area contributed by atoms with Crippen LogP contribution in [0.5, 0.6) is 0 Å². The molecule has 1 fully saturated rings. The zero-order valence-corrected chi connectivity index (χ0v) is 20.7. The van der Waals surface area contributed by atoms with E-state index in [2.05, 4.69) is 34.0 Å². The van der Waals surface area contributed by atoms with E-state index in [4.69, 9.17) is 20.9 Å². The van der Waals surface area contributed by atoms with Crippen molar-refractivity contribution < 1.29 is 14.1 Å². The summed E-state index contributed by atoms with van der Waals surface area (Å²) in [6, 6.07) is 15.2. The smallest absolute Gasteiger partial charge is 0.254 e. The Hall–Kier alpha value is -2.87. The minimum absolute atomic E-state index is 0.0529. The van der Waals surface area contributed by atoms with Crippen molar-refractivity contribution in [3.8, 4) is 11.3 Å². The van der Waals surface area contributed by atoms with Crippen LogP contribution < -0.4 is 4.90 Å². The quantitative estimate of drug-likeness (QED) is 0.476. The minimum atomic E-state index is -0.0529. The number of benzene rings is 2. The van der Waals surface area contributed by atoms with Crippen LogP contribution in [0, 0.1) is 6.92 Å². The van der Waals surface area contributed by atoms with E-state index in [0.29, 0.717) is 42.8 Å². The molecule has 3 aromatic rings. The van der Waals surface area contributed by atoms with Crippen molar-refractivity contribution in [2.75, 3.05) is 58.4 Å². The molecule has 0 aliphatic carbocycles. The predicted molar refractivity (Wildman–Crippen MR) is 134 cm³/mol. The first-order valence-electron chi connectivity index (χ1n) is 11.5. The number of morpholine rings is 1. The van der Waals surface area contributed by atoms with Crippen LogP contribution in [0.3, 0.4) is 0 Å². The van der Waals surface area contributed by atoms with E-state index in [9.17, 15) is 4.79 Å². The standard InChI is InChI=1S/C26H31ClN4O3/c1-19-5-4-6-21(17-19)24-23(26(34-28-24)30-13-15-33-16-14-30)18-31(12-11-29(2)3)25(32)20-7-9-22(27)10-8-20/h4-10,17H,11-16,18H2,1-3H3. The summed E-state index contributed by atoms with van der Waals surface area (Å²) in [5.74, 6) is 0.654. The van der Waals surface area contributed by atoms with Gasteiger partial charge in [0.2, 0.25) is 5.88 Å². The molecule has 1 amide bonds. The van der Waals surface area contributed by atoms with Gasteiger partial charge in [-0.3, -0.25) is 4.79 Å². The molecule has 7 nitrogen and oxygen atoms in total. The number of ether oxygens (including phenoxy) is 1. The van der Waals surface area contributed by atoms with Gasteiger partial charge in [-0.05, 0) is 51.4 Å². The zero-order chi connectivity index (χ0) is 24.1. The summed E-state index contributed by atoms with van der Waals surface area (Å²) in [6.45, 7) is 6.44. The molecule has 0 radical (unpaired) electrons. The highest BCUT2D eigenvalue weighted by atomic mass is 35.5. The molecule has 0 bridgehead atoms. The molecule has 180 valence electrons. The summed E-state index contributed by atoms with van der Waals surface area (Å²) in [7, 11) is 4.00. The van der Waals surface area contributed by atoms with Crippen LogP contribution in [0.25, 0.3) is 11.3 Å². The fraction of sp³-hybridized carbons (Fsp3) is 0.385. The van der Waals surface area contributed by atoms with Crippen molar-refractivity contribution in [3.05, 3.63) is 70.2 Å². The van der Waals surface area contributed by atoms with Crippen molar-refractivity contribution in [1.82, 2.24) is 15.0 Å². The first kappa shape index (κ1) is 24.3. The number of hydrogen-bond acceptors (Lipinski definition) is 6. The maximum absolute atomic E-state index is 13.6. The molecule has 4 rings (SSSR count). The minimum Gasteiger partial charge on any atom is -0.378 e. The molecular weight excluding hydrogens is 452 g/mol. The Morgan fingerprint density at radius 2 is 1.82 bits per heavy atom. The lowest BCUT2D eigenvalue weighted by Gasteiger charge is -2.29. The Kier molecular flexibility index (Phi) is 7.88. The summed E-state index contributed by atoms with van der Waals surface area (Å²) in [5.41, 5.74) is 4.40. The van der Waals surface area contributed by atoms with Crippen LogP contribution in [0.15, 0.2) is 53.1 Å². The summed E-state index contributed by atoms with van der Waals surface area (Å²) in [6.07, 6.45) is 0. The molecular formula is C26H31ClN4O3. The third kappa shape index (κ3) is 5.78. The van der Waals surface area contributed by atoms with Gasteiger partial charge in [-0.15, -0.1) is 0 Å². The molecule has 0 spiro atoms. The monoisotopic (exact) mass is 482 g/mol. The van der Waals surface area contributed by atoms with Crippen LogP contribution in [-0.2, 0) is 11.3 Å². The highest BCUT2D eigenvalue weighted by molar-refractivity contribution is 6.30. The number of nitrogens with zero attached hydrogens (tertiary/aromatic N) is 4. The Morgan fingerprint density at radius 3 is 2.50 bits per heavy atom. The van der Waals surface area contributed by atoms with Crippen molar-refractivity contribution in [2.24, 2.45) is 0 Å². The second-order valence-electron chi connectivity index (χ2n) is 8.82. The molecule has 1 aliphatic rings. The van der Waals surface area contributed by atoms with E-state index in [1.807, 2.05) is 31.1 Å². The predicted octanol–water partition coefficient (Wildman–Crippen LogP) is 4.34. The first-order valence-corrected chi connectivity index (χ1v) is 11.9. The molecule has 8 heteroatoms. The van der Waals surface area contributed by atoms with Crippen molar-refractivity contribution in [1.29, 1.82) is 0 Å². The molecule has 34 heavy (non-hydrogen) atoms. The summed E-state index contributed by atoms with van der Waals surface area (Å²) >= 11 is 6.05. The maximum atomic E-state index is 13.6. The summed E-state index contributed by atoms with van der Waals surface area (Å²) in [4.78, 5) is 19.6. The SMILES string of the molecule is Cc1cccc(-c2noc(N3CCOCC3)c2CN(CCN(C)C)C(=O)c2ccc(Cl)cc2)c1. The van der Waals surface area contributed by atoms with Gasteiger partial charge in [0.1, 0.15) is 5.69 Å². The molecule has 0 unspecified atom stereocenters. The average Bonchev–Trinajstić information content (AvgIpc) is 3.26. The molecule has 0 atom stereocenters. The number of halogens is 1. The van der Waals surface area contributed by atoms with E-state index < -0.39 is 0 Å². The second-order valence-corrected chi connectivity index (χ2v) is 9.26. The fourth-order valence-electron chi connectivity index (χ4n) is 4.02. The number of aryl methyl sites for hydroxylation is 1. The van der Waals surface area contributed by atoms with Gasteiger partial charge < -0.3 is 24.0 Å². The van der Waals surface area contributed by atoms with E-state index >= 15 is 0 Å². The lowest BCUT2D eigenvalue weighted by molar-refractivity contribution is 0.0731. The Labute approximate surface area is 205 Å². The van der Waals surface area contributed by atoms with Gasteiger partial charge in [0, 0.05) is 42.3 Å². The fourth-order valence-corrected chi connectivity index (χ4v) is 4.14. The number of rotatable bonds is 8. The van der Waals surface area contributed by atoms with E-state index in [-0.39, 0.29) is 5.91 Å². The van der Waals surface area contributed by atoms with Crippen molar-refractivity contribution in [3.63, 3.8) is 0 Å². The Bertz CT molecular complexity index is 1110. The van der Waals surface area contributed by atoms with Crippen molar-refractivity contribution >= 4 is 23.4 Å². The number of carbonyl (C=O) groups excluding carboxylic acids is 1. The van der Waals surface area contributed by atoms with Crippen LogP contribution in [0.1, 0.15) is 21.5 Å². The average molecular weight is 483 g/mol. The molecule has 2 aromatic carbocycles. The van der Waals surface area contributed by atoms with Crippen LogP contribution in [0.4, 0.5) is 5.88 Å². The van der Waals surface area contributed by atoms with E-state index in [0.717, 1.165) is 42.0 Å². The van der Waals surface area contributed by atoms with Crippen molar-refractivity contribution in [2.45, 2.75) is 13.5 Å². The zero-order valence-electron chi connectivity index (χ0n) is 20.0. The lowest BCUT2D eigenvalue weighted by atomic mass is 10.0. The van der Waals surface area contributed by atoms with Gasteiger partial charge in [-0.1, -0.05) is 40.5 Å².